The molecule has 1 aliphatic rings. The molecule has 140 valence electrons. The van der Waals surface area contributed by atoms with Gasteiger partial charge in [0.15, 0.2) is 0 Å². The number of benzene rings is 2. The SMILES string of the molecule is CN(C(=O)CN1N=C(c2ccc(Cl)c(Cl)c2)CCC1=O)c1ccc(Cl)cc1. The number of carbonyl (C=O) groups is 2. The minimum Gasteiger partial charge on any atom is -0.314 e. The van der Waals surface area contributed by atoms with Crippen molar-refractivity contribution in [3.63, 3.8) is 0 Å². The fourth-order valence-electron chi connectivity index (χ4n) is 2.65. The van der Waals surface area contributed by atoms with E-state index < -0.39 is 0 Å². The third-order valence-corrected chi connectivity index (χ3v) is 5.22. The number of anilines is 1. The number of hydrazone groups is 1. The standard InChI is InChI=1S/C19H16Cl3N3O2/c1-24(14-5-3-13(20)4-6-14)19(27)11-25-18(26)9-8-17(23-25)12-2-7-15(21)16(22)10-12/h2-7,10H,8-9,11H2,1H3. The minimum absolute atomic E-state index is 0.150. The number of likely N-dealkylation sites (N-methyl/N-ethyl adjacent to an activating group) is 1. The van der Waals surface area contributed by atoms with Gasteiger partial charge in [-0.2, -0.15) is 5.10 Å². The van der Waals surface area contributed by atoms with Crippen molar-refractivity contribution >= 4 is 58.0 Å². The molecule has 5 nitrogen and oxygen atoms in total. The summed E-state index contributed by atoms with van der Waals surface area (Å²) in [6.07, 6.45) is 0.755. The molecule has 0 aromatic heterocycles. The van der Waals surface area contributed by atoms with Gasteiger partial charge < -0.3 is 4.90 Å². The molecule has 3 rings (SSSR count). The lowest BCUT2D eigenvalue weighted by Crippen LogP contribution is -2.41. The van der Waals surface area contributed by atoms with Crippen LogP contribution in [0.3, 0.4) is 0 Å². The van der Waals surface area contributed by atoms with Gasteiger partial charge in [-0.1, -0.05) is 40.9 Å². The molecule has 2 aromatic carbocycles. The van der Waals surface area contributed by atoms with Gasteiger partial charge in [-0.05, 0) is 42.0 Å². The Morgan fingerprint density at radius 3 is 2.44 bits per heavy atom. The van der Waals surface area contributed by atoms with E-state index in [0.29, 0.717) is 32.9 Å². The number of carbonyl (C=O) groups excluding carboxylic acids is 2. The fraction of sp³-hybridized carbons (Fsp3) is 0.211. The van der Waals surface area contributed by atoms with Crippen LogP contribution in [0, 0.1) is 0 Å². The molecule has 0 radical (unpaired) electrons. The highest BCUT2D eigenvalue weighted by molar-refractivity contribution is 6.42. The molecule has 2 aromatic rings. The number of halogens is 3. The second kappa shape index (κ2) is 8.30. The molecule has 0 saturated heterocycles. The largest absolute Gasteiger partial charge is 0.314 e. The zero-order chi connectivity index (χ0) is 19.6. The first-order valence-corrected chi connectivity index (χ1v) is 9.34. The van der Waals surface area contributed by atoms with Crippen molar-refractivity contribution < 1.29 is 9.59 Å². The van der Waals surface area contributed by atoms with Crippen molar-refractivity contribution in [2.75, 3.05) is 18.5 Å². The second-order valence-electron chi connectivity index (χ2n) is 6.06. The summed E-state index contributed by atoms with van der Waals surface area (Å²) in [6.45, 7) is -0.150. The normalized spacial score (nSPS) is 14.1. The molecular weight excluding hydrogens is 409 g/mol. The Morgan fingerprint density at radius 1 is 1.07 bits per heavy atom. The molecule has 27 heavy (non-hydrogen) atoms. The summed E-state index contributed by atoms with van der Waals surface area (Å²) in [5, 5.41) is 7.02. The van der Waals surface area contributed by atoms with Crippen LogP contribution in [0.4, 0.5) is 5.69 Å². The summed E-state index contributed by atoms with van der Waals surface area (Å²) in [5.74, 6) is -0.457. The van der Waals surface area contributed by atoms with Crippen molar-refractivity contribution in [2.24, 2.45) is 5.10 Å². The molecule has 1 heterocycles. The number of hydrogen-bond acceptors (Lipinski definition) is 3. The summed E-state index contributed by atoms with van der Waals surface area (Å²) < 4.78 is 0. The smallest absolute Gasteiger partial charge is 0.248 e. The van der Waals surface area contributed by atoms with Crippen molar-refractivity contribution in [2.45, 2.75) is 12.8 Å². The molecule has 1 aliphatic heterocycles. The Kier molecular flexibility index (Phi) is 6.05. The van der Waals surface area contributed by atoms with Gasteiger partial charge in [-0.25, -0.2) is 5.01 Å². The van der Waals surface area contributed by atoms with Crippen LogP contribution in [0.2, 0.25) is 15.1 Å². The molecule has 0 bridgehead atoms. The Balaban J connectivity index is 1.77. The van der Waals surface area contributed by atoms with Gasteiger partial charge in [0.2, 0.25) is 11.8 Å². The zero-order valence-electron chi connectivity index (χ0n) is 14.5. The minimum atomic E-state index is -0.259. The Hall–Kier alpha value is -2.08. The predicted molar refractivity (Wildman–Crippen MR) is 109 cm³/mol. The first-order chi connectivity index (χ1) is 12.8. The molecule has 0 atom stereocenters. The third-order valence-electron chi connectivity index (χ3n) is 4.23. The maximum Gasteiger partial charge on any atom is 0.248 e. The summed E-state index contributed by atoms with van der Waals surface area (Å²) in [7, 11) is 1.64. The molecule has 8 heteroatoms. The average molecular weight is 425 g/mol. The first kappa shape index (κ1) is 19.7. The molecular formula is C19H16Cl3N3O2. The number of hydrogen-bond donors (Lipinski definition) is 0. The van der Waals surface area contributed by atoms with Crippen LogP contribution in [0.25, 0.3) is 0 Å². The van der Waals surface area contributed by atoms with Gasteiger partial charge in [0.05, 0.1) is 15.8 Å². The maximum atomic E-state index is 12.6. The molecule has 0 aliphatic carbocycles. The highest BCUT2D eigenvalue weighted by atomic mass is 35.5. The molecule has 0 fully saturated rings. The van der Waals surface area contributed by atoms with Gasteiger partial charge in [-0.15, -0.1) is 0 Å². The van der Waals surface area contributed by atoms with Crippen molar-refractivity contribution in [3.05, 3.63) is 63.1 Å². The summed E-state index contributed by atoms with van der Waals surface area (Å²) in [5.41, 5.74) is 2.15. The Labute approximate surface area is 172 Å². The van der Waals surface area contributed by atoms with Gasteiger partial charge in [-0.3, -0.25) is 9.59 Å². The van der Waals surface area contributed by atoms with Crippen LogP contribution in [-0.2, 0) is 9.59 Å². The van der Waals surface area contributed by atoms with Crippen LogP contribution in [0.15, 0.2) is 47.6 Å². The lowest BCUT2D eigenvalue weighted by atomic mass is 10.0. The van der Waals surface area contributed by atoms with E-state index in [1.54, 1.807) is 49.5 Å². The zero-order valence-corrected chi connectivity index (χ0v) is 16.7. The van der Waals surface area contributed by atoms with Gasteiger partial charge in [0.1, 0.15) is 6.54 Å². The van der Waals surface area contributed by atoms with E-state index in [2.05, 4.69) is 5.10 Å². The molecule has 0 unspecified atom stereocenters. The third kappa shape index (κ3) is 4.61. The molecule has 0 saturated carbocycles. The van der Waals surface area contributed by atoms with Gasteiger partial charge in [0.25, 0.3) is 0 Å². The second-order valence-corrected chi connectivity index (χ2v) is 7.31. The van der Waals surface area contributed by atoms with E-state index in [4.69, 9.17) is 34.8 Å². The van der Waals surface area contributed by atoms with E-state index >= 15 is 0 Å². The summed E-state index contributed by atoms with van der Waals surface area (Å²) in [6, 6.07) is 12.1. The van der Waals surface area contributed by atoms with Crippen LogP contribution in [0.1, 0.15) is 18.4 Å². The highest BCUT2D eigenvalue weighted by Gasteiger charge is 2.25. The molecule has 0 spiro atoms. The van der Waals surface area contributed by atoms with E-state index in [9.17, 15) is 9.59 Å². The number of nitrogens with zero attached hydrogens (tertiary/aromatic N) is 3. The van der Waals surface area contributed by atoms with Gasteiger partial charge in [0, 0.05) is 30.6 Å². The fourth-order valence-corrected chi connectivity index (χ4v) is 3.07. The summed E-state index contributed by atoms with van der Waals surface area (Å²) >= 11 is 17.9. The van der Waals surface area contributed by atoms with Gasteiger partial charge >= 0.3 is 0 Å². The predicted octanol–water partition coefficient (Wildman–Crippen LogP) is 4.64. The van der Waals surface area contributed by atoms with E-state index in [1.165, 1.54) is 9.91 Å². The lowest BCUT2D eigenvalue weighted by molar-refractivity contribution is -0.135. The first-order valence-electron chi connectivity index (χ1n) is 8.20. The molecule has 0 N–H and O–H groups in total. The number of rotatable bonds is 4. The Bertz CT molecular complexity index is 913. The van der Waals surface area contributed by atoms with Crippen LogP contribution < -0.4 is 4.90 Å². The lowest BCUT2D eigenvalue weighted by Gasteiger charge is -2.26. The molecule has 2 amide bonds. The van der Waals surface area contributed by atoms with Crippen molar-refractivity contribution in [1.29, 1.82) is 0 Å². The quantitative estimate of drug-likeness (QED) is 0.718. The Morgan fingerprint density at radius 2 is 1.78 bits per heavy atom. The van der Waals surface area contributed by atoms with Crippen molar-refractivity contribution in [3.8, 4) is 0 Å². The van der Waals surface area contributed by atoms with Crippen LogP contribution >= 0.6 is 34.8 Å². The summed E-state index contributed by atoms with van der Waals surface area (Å²) in [4.78, 5) is 26.3. The van der Waals surface area contributed by atoms with E-state index in [1.807, 2.05) is 0 Å². The van der Waals surface area contributed by atoms with Crippen molar-refractivity contribution in [1.82, 2.24) is 5.01 Å². The highest BCUT2D eigenvalue weighted by Crippen LogP contribution is 2.25. The van der Waals surface area contributed by atoms with Crippen LogP contribution in [0.5, 0.6) is 0 Å². The monoisotopic (exact) mass is 423 g/mol. The maximum absolute atomic E-state index is 12.6. The number of amides is 2. The van der Waals surface area contributed by atoms with E-state index in [-0.39, 0.29) is 24.8 Å². The van der Waals surface area contributed by atoms with E-state index in [0.717, 1.165) is 5.56 Å². The topological polar surface area (TPSA) is 53.0 Å². The average Bonchev–Trinajstić information content (AvgIpc) is 2.65. The van der Waals surface area contributed by atoms with Crippen LogP contribution in [-0.4, -0.2) is 36.1 Å².